The minimum Gasteiger partial charge on any atom is -0.479 e. The summed E-state index contributed by atoms with van der Waals surface area (Å²) in [6.45, 7) is 5.81. The Kier molecular flexibility index (Phi) is 2.51. The van der Waals surface area contributed by atoms with Crippen LogP contribution in [0.4, 0.5) is 0 Å². The average molecular weight is 198 g/mol. The van der Waals surface area contributed by atoms with Crippen LogP contribution in [0.15, 0.2) is 6.20 Å². The number of aromatic carboxylic acids is 1. The number of methoxy groups -OCH3 is 1. The number of nitrogens with zero attached hydrogens (tertiary/aromatic N) is 2. The molecule has 0 bridgehead atoms. The summed E-state index contributed by atoms with van der Waals surface area (Å²) in [5.74, 6) is -0.884. The highest BCUT2D eigenvalue weighted by molar-refractivity contribution is 5.89. The molecule has 0 saturated heterocycles. The highest BCUT2D eigenvalue weighted by Gasteiger charge is 2.21. The molecular weight excluding hydrogens is 184 g/mol. The number of carboxylic acid groups (broad SMARTS) is 1. The molecule has 78 valence electrons. The summed E-state index contributed by atoms with van der Waals surface area (Å²) in [7, 11) is 1.40. The lowest BCUT2D eigenvalue weighted by Gasteiger charge is -2.18. The van der Waals surface area contributed by atoms with E-state index in [1.807, 2.05) is 20.8 Å². The predicted octanol–water partition coefficient (Wildman–Crippen LogP) is 1.34. The number of hydrogen-bond donors (Lipinski definition) is 1. The van der Waals surface area contributed by atoms with Crippen molar-refractivity contribution in [3.8, 4) is 5.88 Å². The molecule has 5 heteroatoms. The molecule has 0 atom stereocenters. The maximum Gasteiger partial charge on any atom is 0.342 e. The van der Waals surface area contributed by atoms with E-state index in [4.69, 9.17) is 9.84 Å². The summed E-state index contributed by atoms with van der Waals surface area (Å²) in [5.41, 5.74) is -0.163. The first-order valence-electron chi connectivity index (χ1n) is 4.23. The van der Waals surface area contributed by atoms with Crippen molar-refractivity contribution in [1.29, 1.82) is 0 Å². The van der Waals surface area contributed by atoms with Gasteiger partial charge in [0.05, 0.1) is 12.6 Å². The van der Waals surface area contributed by atoms with E-state index in [2.05, 4.69) is 5.10 Å². The van der Waals surface area contributed by atoms with Gasteiger partial charge < -0.3 is 9.84 Å². The molecule has 1 aromatic heterocycles. The molecule has 0 aliphatic heterocycles. The molecule has 1 rings (SSSR count). The van der Waals surface area contributed by atoms with Crippen molar-refractivity contribution < 1.29 is 14.6 Å². The minimum atomic E-state index is -1.03. The van der Waals surface area contributed by atoms with Crippen LogP contribution in [-0.4, -0.2) is 28.0 Å². The first-order valence-corrected chi connectivity index (χ1v) is 4.23. The Balaban J connectivity index is 3.20. The number of rotatable bonds is 2. The van der Waals surface area contributed by atoms with Crippen molar-refractivity contribution in [3.05, 3.63) is 11.8 Å². The highest BCUT2D eigenvalue weighted by Crippen LogP contribution is 2.21. The van der Waals surface area contributed by atoms with E-state index < -0.39 is 5.97 Å². The van der Waals surface area contributed by atoms with Gasteiger partial charge in [0.1, 0.15) is 5.56 Å². The van der Waals surface area contributed by atoms with E-state index in [0.717, 1.165) is 0 Å². The molecule has 1 N–H and O–H groups in total. The summed E-state index contributed by atoms with van der Waals surface area (Å²) >= 11 is 0. The predicted molar refractivity (Wildman–Crippen MR) is 50.7 cm³/mol. The first kappa shape index (κ1) is 10.6. The summed E-state index contributed by atoms with van der Waals surface area (Å²) < 4.78 is 6.45. The van der Waals surface area contributed by atoms with E-state index in [1.54, 1.807) is 4.68 Å². The van der Waals surface area contributed by atoms with Crippen molar-refractivity contribution in [2.24, 2.45) is 0 Å². The van der Waals surface area contributed by atoms with Crippen molar-refractivity contribution in [1.82, 2.24) is 9.78 Å². The van der Waals surface area contributed by atoms with Crippen LogP contribution in [-0.2, 0) is 5.54 Å². The first-order chi connectivity index (χ1) is 6.36. The van der Waals surface area contributed by atoms with E-state index in [-0.39, 0.29) is 17.0 Å². The van der Waals surface area contributed by atoms with Crippen molar-refractivity contribution in [2.45, 2.75) is 26.3 Å². The molecule has 0 aliphatic rings. The van der Waals surface area contributed by atoms with Gasteiger partial charge in [-0.2, -0.15) is 0 Å². The molecule has 14 heavy (non-hydrogen) atoms. The van der Waals surface area contributed by atoms with Gasteiger partial charge in [0.15, 0.2) is 0 Å². The van der Waals surface area contributed by atoms with Crippen molar-refractivity contribution >= 4 is 5.97 Å². The van der Waals surface area contributed by atoms with Crippen LogP contribution >= 0.6 is 0 Å². The molecule has 0 fully saturated rings. The molecule has 0 spiro atoms. The fraction of sp³-hybridized carbons (Fsp3) is 0.556. The summed E-state index contributed by atoms with van der Waals surface area (Å²) in [4.78, 5) is 10.8. The number of aromatic nitrogens is 2. The number of hydrogen-bond acceptors (Lipinski definition) is 3. The van der Waals surface area contributed by atoms with Gasteiger partial charge in [-0.15, -0.1) is 5.10 Å². The van der Waals surface area contributed by atoms with Gasteiger partial charge in [-0.25, -0.2) is 4.79 Å². The Morgan fingerprint density at radius 1 is 1.57 bits per heavy atom. The van der Waals surface area contributed by atoms with Gasteiger partial charge in [-0.1, -0.05) is 0 Å². The normalized spacial score (nSPS) is 11.4. The third-order valence-electron chi connectivity index (χ3n) is 1.79. The second-order valence-corrected chi connectivity index (χ2v) is 3.97. The average Bonchev–Trinajstić information content (AvgIpc) is 2.45. The fourth-order valence-electron chi connectivity index (χ4n) is 0.999. The smallest absolute Gasteiger partial charge is 0.342 e. The van der Waals surface area contributed by atoms with E-state index in [0.29, 0.717) is 0 Å². The zero-order chi connectivity index (χ0) is 10.9. The van der Waals surface area contributed by atoms with Crippen LogP contribution < -0.4 is 4.74 Å². The summed E-state index contributed by atoms with van der Waals surface area (Å²) in [6.07, 6.45) is 1.47. The molecule has 0 unspecified atom stereocenters. The van der Waals surface area contributed by atoms with Gasteiger partial charge in [-0.3, -0.25) is 4.68 Å². The number of carboxylic acids is 1. The van der Waals surface area contributed by atoms with E-state index >= 15 is 0 Å². The third kappa shape index (κ3) is 1.86. The lowest BCUT2D eigenvalue weighted by molar-refractivity contribution is 0.0693. The second kappa shape index (κ2) is 3.32. The number of ether oxygens (including phenoxy) is 1. The van der Waals surface area contributed by atoms with E-state index in [1.165, 1.54) is 13.3 Å². The lowest BCUT2D eigenvalue weighted by atomic mass is 10.1. The van der Waals surface area contributed by atoms with Crippen LogP contribution in [0.25, 0.3) is 0 Å². The molecule has 0 amide bonds. The molecule has 0 radical (unpaired) electrons. The molecule has 0 saturated carbocycles. The fourth-order valence-corrected chi connectivity index (χ4v) is 0.999. The SMILES string of the molecule is COc1nn(C(C)(C)C)cc1C(=O)O. The maximum atomic E-state index is 10.8. The molecular formula is C9H14N2O3. The minimum absolute atomic E-state index is 0.0856. The largest absolute Gasteiger partial charge is 0.479 e. The van der Waals surface area contributed by atoms with Gasteiger partial charge >= 0.3 is 5.97 Å². The second-order valence-electron chi connectivity index (χ2n) is 3.97. The zero-order valence-electron chi connectivity index (χ0n) is 8.74. The van der Waals surface area contributed by atoms with Gasteiger partial charge in [0.25, 0.3) is 0 Å². The third-order valence-corrected chi connectivity index (χ3v) is 1.79. The summed E-state index contributed by atoms with van der Waals surface area (Å²) in [6, 6.07) is 0. The van der Waals surface area contributed by atoms with Crippen molar-refractivity contribution in [3.63, 3.8) is 0 Å². The van der Waals surface area contributed by atoms with Gasteiger partial charge in [0.2, 0.25) is 5.88 Å². The van der Waals surface area contributed by atoms with E-state index in [9.17, 15) is 4.79 Å². The van der Waals surface area contributed by atoms with Crippen LogP contribution in [0.5, 0.6) is 5.88 Å². The number of carbonyl (C=O) groups is 1. The van der Waals surface area contributed by atoms with Crippen LogP contribution in [0.2, 0.25) is 0 Å². The molecule has 1 heterocycles. The topological polar surface area (TPSA) is 64.4 Å². The van der Waals surface area contributed by atoms with Crippen LogP contribution in [0.3, 0.4) is 0 Å². The lowest BCUT2D eigenvalue weighted by Crippen LogP contribution is -2.22. The molecule has 0 aromatic carbocycles. The molecule has 5 nitrogen and oxygen atoms in total. The standard InChI is InChI=1S/C9H14N2O3/c1-9(2,3)11-5-6(8(12)13)7(10-11)14-4/h5H,1-4H3,(H,12,13). The Labute approximate surface area is 82.3 Å². The Hall–Kier alpha value is -1.52. The Morgan fingerprint density at radius 3 is 2.43 bits per heavy atom. The monoisotopic (exact) mass is 198 g/mol. The van der Waals surface area contributed by atoms with Crippen LogP contribution in [0, 0.1) is 0 Å². The zero-order valence-corrected chi connectivity index (χ0v) is 8.74. The molecule has 0 aliphatic carbocycles. The van der Waals surface area contributed by atoms with Crippen molar-refractivity contribution in [2.75, 3.05) is 7.11 Å². The quantitative estimate of drug-likeness (QED) is 0.778. The molecule has 1 aromatic rings. The summed E-state index contributed by atoms with van der Waals surface area (Å²) in [5, 5.41) is 12.9. The highest BCUT2D eigenvalue weighted by atomic mass is 16.5. The van der Waals surface area contributed by atoms with Crippen LogP contribution in [0.1, 0.15) is 31.1 Å². The Morgan fingerprint density at radius 2 is 2.14 bits per heavy atom. The maximum absolute atomic E-state index is 10.8. The van der Waals surface area contributed by atoms with Gasteiger partial charge in [-0.05, 0) is 20.8 Å². The Bertz CT molecular complexity index is 349. The van der Waals surface area contributed by atoms with Gasteiger partial charge in [0, 0.05) is 6.20 Å².